The Morgan fingerprint density at radius 3 is 2.13 bits per heavy atom. The van der Waals surface area contributed by atoms with Crippen molar-refractivity contribution < 1.29 is 14.2 Å². The maximum absolute atomic E-state index is 5.54. The number of nitrogens with one attached hydrogen (secondary N) is 1. The number of para-hydroxylation sites is 1. The van der Waals surface area contributed by atoms with E-state index >= 15 is 0 Å². The van der Waals surface area contributed by atoms with Crippen molar-refractivity contribution in [2.24, 2.45) is 4.99 Å². The minimum atomic E-state index is 0.491. The summed E-state index contributed by atoms with van der Waals surface area (Å²) < 4.78 is 16.4. The van der Waals surface area contributed by atoms with Crippen LogP contribution in [-0.2, 0) is 6.54 Å². The molecule has 1 aliphatic rings. The van der Waals surface area contributed by atoms with Crippen LogP contribution in [0.25, 0.3) is 0 Å². The maximum Gasteiger partial charge on any atom is 0.194 e. The largest absolute Gasteiger partial charge is 0.496 e. The lowest BCUT2D eigenvalue weighted by Crippen LogP contribution is -2.52. The number of guanidine groups is 1. The van der Waals surface area contributed by atoms with Gasteiger partial charge >= 0.3 is 0 Å². The van der Waals surface area contributed by atoms with Crippen molar-refractivity contribution >= 4 is 11.6 Å². The number of methoxy groups -OCH3 is 3. The second-order valence-electron chi connectivity index (χ2n) is 7.00. The highest BCUT2D eigenvalue weighted by atomic mass is 16.5. The molecule has 30 heavy (non-hydrogen) atoms. The second kappa shape index (κ2) is 10.6. The van der Waals surface area contributed by atoms with E-state index in [1.165, 1.54) is 5.69 Å². The normalized spacial score (nSPS) is 14.5. The van der Waals surface area contributed by atoms with E-state index in [9.17, 15) is 0 Å². The molecule has 0 atom stereocenters. The molecule has 1 fully saturated rings. The lowest BCUT2D eigenvalue weighted by molar-refractivity contribution is 0.347. The van der Waals surface area contributed by atoms with E-state index in [0.717, 1.165) is 50.0 Å². The minimum absolute atomic E-state index is 0.491. The standard InChI is InChI=1S/C23H32N4O3/c1-5-24-23(27-13-11-26(12-14-27)19-9-7-6-8-10-19)25-17-18-15-21(29-3)22(30-4)16-20(18)28-2/h6-10,15-16H,5,11-14,17H2,1-4H3,(H,24,25). The van der Waals surface area contributed by atoms with Crippen LogP contribution in [0.4, 0.5) is 5.69 Å². The van der Waals surface area contributed by atoms with E-state index in [0.29, 0.717) is 18.0 Å². The van der Waals surface area contributed by atoms with Gasteiger partial charge in [0.15, 0.2) is 17.5 Å². The van der Waals surface area contributed by atoms with Crippen LogP contribution < -0.4 is 24.4 Å². The minimum Gasteiger partial charge on any atom is -0.496 e. The Balaban J connectivity index is 1.72. The zero-order valence-corrected chi connectivity index (χ0v) is 18.4. The Morgan fingerprint density at radius 2 is 1.53 bits per heavy atom. The van der Waals surface area contributed by atoms with Gasteiger partial charge < -0.3 is 29.3 Å². The Bertz CT molecular complexity index is 834. The molecule has 0 bridgehead atoms. The van der Waals surface area contributed by atoms with Gasteiger partial charge in [-0.1, -0.05) is 18.2 Å². The zero-order chi connectivity index (χ0) is 21.3. The number of rotatable bonds is 7. The van der Waals surface area contributed by atoms with E-state index < -0.39 is 0 Å². The number of hydrogen-bond acceptors (Lipinski definition) is 5. The average molecular weight is 413 g/mol. The molecule has 0 radical (unpaired) electrons. The first-order chi connectivity index (χ1) is 14.7. The summed E-state index contributed by atoms with van der Waals surface area (Å²) in [6.45, 7) is 7.17. The number of piperazine rings is 1. The molecule has 2 aromatic carbocycles. The second-order valence-corrected chi connectivity index (χ2v) is 7.00. The SMILES string of the molecule is CCNC(=NCc1cc(OC)c(OC)cc1OC)N1CCN(c2ccccc2)CC1. The molecule has 2 aromatic rings. The van der Waals surface area contributed by atoms with Crippen molar-refractivity contribution in [2.45, 2.75) is 13.5 Å². The molecule has 0 aromatic heterocycles. The molecule has 0 saturated carbocycles. The number of anilines is 1. The van der Waals surface area contributed by atoms with Crippen molar-refractivity contribution in [3.63, 3.8) is 0 Å². The first-order valence-corrected chi connectivity index (χ1v) is 10.3. The van der Waals surface area contributed by atoms with Gasteiger partial charge in [0.05, 0.1) is 27.9 Å². The van der Waals surface area contributed by atoms with E-state index in [4.69, 9.17) is 19.2 Å². The maximum atomic E-state index is 5.54. The number of nitrogens with zero attached hydrogens (tertiary/aromatic N) is 3. The predicted molar refractivity (Wildman–Crippen MR) is 121 cm³/mol. The zero-order valence-electron chi connectivity index (χ0n) is 18.4. The topological polar surface area (TPSA) is 58.6 Å². The van der Waals surface area contributed by atoms with Gasteiger partial charge in [-0.25, -0.2) is 4.99 Å². The number of aliphatic imine (C=N–C) groups is 1. The Labute approximate surface area is 179 Å². The van der Waals surface area contributed by atoms with E-state index in [1.807, 2.05) is 12.1 Å². The predicted octanol–water partition coefficient (Wildman–Crippen LogP) is 3.00. The fraction of sp³-hybridized carbons (Fsp3) is 0.435. The summed E-state index contributed by atoms with van der Waals surface area (Å²) in [5.74, 6) is 2.97. The molecule has 0 aliphatic carbocycles. The number of ether oxygens (including phenoxy) is 3. The van der Waals surface area contributed by atoms with E-state index in [1.54, 1.807) is 21.3 Å². The van der Waals surface area contributed by atoms with Crippen LogP contribution in [0.5, 0.6) is 17.2 Å². The van der Waals surface area contributed by atoms with Crippen molar-refractivity contribution in [3.8, 4) is 17.2 Å². The fourth-order valence-electron chi connectivity index (χ4n) is 3.62. The van der Waals surface area contributed by atoms with Crippen LogP contribution in [0.2, 0.25) is 0 Å². The molecule has 0 spiro atoms. The van der Waals surface area contributed by atoms with E-state index in [2.05, 4.69) is 52.4 Å². The average Bonchev–Trinajstić information content (AvgIpc) is 2.81. The molecule has 0 unspecified atom stereocenters. The summed E-state index contributed by atoms with van der Waals surface area (Å²) >= 11 is 0. The van der Waals surface area contributed by atoms with Gasteiger partial charge in [0.2, 0.25) is 0 Å². The lowest BCUT2D eigenvalue weighted by atomic mass is 10.1. The van der Waals surface area contributed by atoms with Gasteiger partial charge in [-0.05, 0) is 25.1 Å². The highest BCUT2D eigenvalue weighted by molar-refractivity contribution is 5.80. The molecule has 3 rings (SSSR count). The van der Waals surface area contributed by atoms with Crippen LogP contribution in [0.3, 0.4) is 0 Å². The van der Waals surface area contributed by atoms with Crippen LogP contribution in [0.15, 0.2) is 47.5 Å². The summed E-state index contributed by atoms with van der Waals surface area (Å²) in [4.78, 5) is 9.61. The van der Waals surface area contributed by atoms with Gasteiger partial charge in [-0.2, -0.15) is 0 Å². The summed E-state index contributed by atoms with van der Waals surface area (Å²) in [5, 5.41) is 3.43. The highest BCUT2D eigenvalue weighted by Crippen LogP contribution is 2.35. The first-order valence-electron chi connectivity index (χ1n) is 10.3. The molecule has 1 heterocycles. The van der Waals surface area contributed by atoms with Crippen molar-refractivity contribution in [1.82, 2.24) is 10.2 Å². The van der Waals surface area contributed by atoms with Gasteiger partial charge in [0.25, 0.3) is 0 Å². The highest BCUT2D eigenvalue weighted by Gasteiger charge is 2.20. The molecular weight excluding hydrogens is 380 g/mol. The van der Waals surface area contributed by atoms with Crippen LogP contribution in [-0.4, -0.2) is 64.9 Å². The van der Waals surface area contributed by atoms with Crippen LogP contribution in [0.1, 0.15) is 12.5 Å². The third-order valence-electron chi connectivity index (χ3n) is 5.22. The molecule has 7 heteroatoms. The summed E-state index contributed by atoms with van der Waals surface area (Å²) in [6, 6.07) is 14.3. The van der Waals surface area contributed by atoms with Gasteiger partial charge in [0.1, 0.15) is 5.75 Å². The summed E-state index contributed by atoms with van der Waals surface area (Å²) in [7, 11) is 4.91. The van der Waals surface area contributed by atoms with Crippen molar-refractivity contribution in [1.29, 1.82) is 0 Å². The Hall–Kier alpha value is -3.09. The number of hydrogen-bond donors (Lipinski definition) is 1. The smallest absolute Gasteiger partial charge is 0.194 e. The van der Waals surface area contributed by atoms with Crippen LogP contribution in [0, 0.1) is 0 Å². The summed E-state index contributed by atoms with van der Waals surface area (Å²) in [6.07, 6.45) is 0. The van der Waals surface area contributed by atoms with Crippen molar-refractivity contribution in [2.75, 3.05) is 59.0 Å². The molecule has 1 saturated heterocycles. The summed E-state index contributed by atoms with van der Waals surface area (Å²) in [5.41, 5.74) is 2.22. The molecule has 0 amide bonds. The molecule has 1 aliphatic heterocycles. The van der Waals surface area contributed by atoms with Crippen molar-refractivity contribution in [3.05, 3.63) is 48.0 Å². The quantitative estimate of drug-likeness (QED) is 0.557. The molecular formula is C23H32N4O3. The van der Waals surface area contributed by atoms with Gasteiger partial charge in [-0.3, -0.25) is 0 Å². The first kappa shape index (κ1) is 21.6. The molecule has 1 N–H and O–H groups in total. The van der Waals surface area contributed by atoms with Crippen LogP contribution >= 0.6 is 0 Å². The molecule has 162 valence electrons. The van der Waals surface area contributed by atoms with E-state index in [-0.39, 0.29) is 0 Å². The van der Waals surface area contributed by atoms with Gasteiger partial charge in [0, 0.05) is 50.0 Å². The Morgan fingerprint density at radius 1 is 0.900 bits per heavy atom. The monoisotopic (exact) mass is 412 g/mol. The van der Waals surface area contributed by atoms with Gasteiger partial charge in [-0.15, -0.1) is 0 Å². The third kappa shape index (κ3) is 5.09. The fourth-order valence-corrected chi connectivity index (χ4v) is 3.62. The Kier molecular flexibility index (Phi) is 7.65. The number of benzene rings is 2. The third-order valence-corrected chi connectivity index (χ3v) is 5.22. The molecule has 7 nitrogen and oxygen atoms in total. The lowest BCUT2D eigenvalue weighted by Gasteiger charge is -2.37.